The Kier molecular flexibility index (Phi) is 1.90. The van der Waals surface area contributed by atoms with E-state index < -0.39 is 0 Å². The third-order valence-electron chi connectivity index (χ3n) is 2.56. The smallest absolute Gasteiger partial charge is 0.196 e. The van der Waals surface area contributed by atoms with Crippen molar-refractivity contribution in [2.24, 2.45) is 7.05 Å². The van der Waals surface area contributed by atoms with Crippen molar-refractivity contribution < 1.29 is 4.79 Å². The molecule has 1 aliphatic rings. The van der Waals surface area contributed by atoms with E-state index in [0.29, 0.717) is 11.7 Å². The lowest BCUT2D eigenvalue weighted by Gasteiger charge is -2.21. The van der Waals surface area contributed by atoms with Crippen molar-refractivity contribution in [1.82, 2.24) is 14.8 Å². The maximum absolute atomic E-state index is 11.1. The first-order valence-electron chi connectivity index (χ1n) is 4.60. The van der Waals surface area contributed by atoms with E-state index in [0.717, 1.165) is 5.82 Å². The van der Waals surface area contributed by atoms with Gasteiger partial charge in [-0.2, -0.15) is 5.10 Å². The minimum Gasteiger partial charge on any atom is -0.291 e. The zero-order chi connectivity index (χ0) is 9.42. The fraction of sp³-hybridized carbons (Fsp3) is 0.667. The predicted molar refractivity (Wildman–Crippen MR) is 47.6 cm³/mol. The molecule has 0 atom stereocenters. The molecule has 1 aromatic rings. The van der Waals surface area contributed by atoms with Gasteiger partial charge in [0.2, 0.25) is 0 Å². The number of ketones is 1. The fourth-order valence-electron chi connectivity index (χ4n) is 1.55. The standard InChI is InChI=1S/C9H13N3O/c1-6(13)9-10-8(11-12(9)2)7-4-3-5-7/h7H,3-5H2,1-2H3. The van der Waals surface area contributed by atoms with Gasteiger partial charge in [0.05, 0.1) is 0 Å². The highest BCUT2D eigenvalue weighted by Crippen LogP contribution is 2.34. The first kappa shape index (κ1) is 8.41. The fourth-order valence-corrected chi connectivity index (χ4v) is 1.55. The van der Waals surface area contributed by atoms with E-state index in [2.05, 4.69) is 10.1 Å². The van der Waals surface area contributed by atoms with Crippen LogP contribution in [0.2, 0.25) is 0 Å². The van der Waals surface area contributed by atoms with Gasteiger partial charge in [0, 0.05) is 19.9 Å². The average Bonchev–Trinajstić information content (AvgIpc) is 2.27. The molecule has 0 unspecified atom stereocenters. The molecule has 13 heavy (non-hydrogen) atoms. The predicted octanol–water partition coefficient (Wildman–Crippen LogP) is 1.29. The molecule has 0 N–H and O–H groups in total. The molecule has 2 rings (SSSR count). The van der Waals surface area contributed by atoms with Gasteiger partial charge in [0.15, 0.2) is 17.4 Å². The SMILES string of the molecule is CC(=O)c1nc(C2CCC2)nn1C. The van der Waals surface area contributed by atoms with E-state index in [9.17, 15) is 4.79 Å². The molecular formula is C9H13N3O. The Morgan fingerprint density at radius 1 is 1.54 bits per heavy atom. The van der Waals surface area contributed by atoms with Crippen LogP contribution in [-0.2, 0) is 7.05 Å². The van der Waals surface area contributed by atoms with Gasteiger partial charge < -0.3 is 0 Å². The lowest BCUT2D eigenvalue weighted by Crippen LogP contribution is -2.10. The van der Waals surface area contributed by atoms with Gasteiger partial charge in [-0.05, 0) is 12.8 Å². The second-order valence-corrected chi connectivity index (χ2v) is 3.60. The minimum absolute atomic E-state index is 0.0134. The van der Waals surface area contributed by atoms with Gasteiger partial charge >= 0.3 is 0 Å². The Morgan fingerprint density at radius 3 is 2.62 bits per heavy atom. The van der Waals surface area contributed by atoms with Gasteiger partial charge in [-0.3, -0.25) is 4.79 Å². The van der Waals surface area contributed by atoms with Crippen LogP contribution in [0.1, 0.15) is 48.5 Å². The molecule has 1 aromatic heterocycles. The average molecular weight is 179 g/mol. The van der Waals surface area contributed by atoms with Crippen LogP contribution >= 0.6 is 0 Å². The van der Waals surface area contributed by atoms with Crippen LogP contribution < -0.4 is 0 Å². The second-order valence-electron chi connectivity index (χ2n) is 3.60. The Bertz CT molecular complexity index is 339. The maximum atomic E-state index is 11.1. The van der Waals surface area contributed by atoms with Crippen LogP contribution in [0.5, 0.6) is 0 Å². The highest BCUT2D eigenvalue weighted by atomic mass is 16.1. The van der Waals surface area contributed by atoms with Gasteiger partial charge in [-0.15, -0.1) is 0 Å². The number of nitrogens with zero attached hydrogens (tertiary/aromatic N) is 3. The number of carbonyl (C=O) groups is 1. The van der Waals surface area contributed by atoms with Crippen LogP contribution in [0.15, 0.2) is 0 Å². The topological polar surface area (TPSA) is 47.8 Å². The molecule has 0 amide bonds. The largest absolute Gasteiger partial charge is 0.291 e. The molecule has 0 bridgehead atoms. The lowest BCUT2D eigenvalue weighted by atomic mass is 9.85. The summed E-state index contributed by atoms with van der Waals surface area (Å²) in [6.45, 7) is 1.52. The lowest BCUT2D eigenvalue weighted by molar-refractivity contribution is 0.0999. The summed E-state index contributed by atoms with van der Waals surface area (Å²) in [5, 5.41) is 4.24. The van der Waals surface area contributed by atoms with E-state index in [1.54, 1.807) is 11.7 Å². The van der Waals surface area contributed by atoms with Crippen LogP contribution in [0.3, 0.4) is 0 Å². The minimum atomic E-state index is -0.0134. The molecule has 1 heterocycles. The van der Waals surface area contributed by atoms with Crippen LogP contribution in [0.25, 0.3) is 0 Å². The van der Waals surface area contributed by atoms with Gasteiger partial charge in [-0.1, -0.05) is 6.42 Å². The van der Waals surface area contributed by atoms with Crippen molar-refractivity contribution in [1.29, 1.82) is 0 Å². The summed E-state index contributed by atoms with van der Waals surface area (Å²) in [5.74, 6) is 1.81. The summed E-state index contributed by atoms with van der Waals surface area (Å²) in [7, 11) is 1.77. The van der Waals surface area contributed by atoms with Crippen LogP contribution in [0, 0.1) is 0 Å². The van der Waals surface area contributed by atoms with E-state index in [1.807, 2.05) is 0 Å². The Labute approximate surface area is 77.0 Å². The normalized spacial score (nSPS) is 17.1. The Morgan fingerprint density at radius 2 is 2.23 bits per heavy atom. The molecular weight excluding hydrogens is 166 g/mol. The summed E-state index contributed by atoms with van der Waals surface area (Å²) in [4.78, 5) is 15.3. The first-order valence-corrected chi connectivity index (χ1v) is 4.60. The third-order valence-corrected chi connectivity index (χ3v) is 2.56. The molecule has 0 saturated heterocycles. The van der Waals surface area contributed by atoms with Crippen LogP contribution in [0.4, 0.5) is 0 Å². The molecule has 4 nitrogen and oxygen atoms in total. The Balaban J connectivity index is 2.28. The summed E-state index contributed by atoms with van der Waals surface area (Å²) < 4.78 is 1.58. The summed E-state index contributed by atoms with van der Waals surface area (Å²) in [6.07, 6.45) is 3.60. The number of hydrogen-bond acceptors (Lipinski definition) is 3. The van der Waals surface area contributed by atoms with Crippen molar-refractivity contribution in [2.75, 3.05) is 0 Å². The van der Waals surface area contributed by atoms with Crippen molar-refractivity contribution in [3.05, 3.63) is 11.6 Å². The van der Waals surface area contributed by atoms with Crippen molar-refractivity contribution in [2.45, 2.75) is 32.1 Å². The number of Topliss-reactive ketones (excluding diaryl/α,β-unsaturated/α-hetero) is 1. The van der Waals surface area contributed by atoms with Gasteiger partial charge in [-0.25, -0.2) is 9.67 Å². The molecule has 0 aromatic carbocycles. The Hall–Kier alpha value is -1.19. The molecule has 0 spiro atoms. The van der Waals surface area contributed by atoms with Gasteiger partial charge in [0.25, 0.3) is 0 Å². The second kappa shape index (κ2) is 2.94. The van der Waals surface area contributed by atoms with Gasteiger partial charge in [0.1, 0.15) is 0 Å². The van der Waals surface area contributed by atoms with Crippen molar-refractivity contribution >= 4 is 5.78 Å². The molecule has 4 heteroatoms. The monoisotopic (exact) mass is 179 g/mol. The zero-order valence-corrected chi connectivity index (χ0v) is 7.95. The molecule has 1 aliphatic carbocycles. The molecule has 1 saturated carbocycles. The molecule has 0 aliphatic heterocycles. The number of rotatable bonds is 2. The van der Waals surface area contributed by atoms with Crippen molar-refractivity contribution in [3.8, 4) is 0 Å². The summed E-state index contributed by atoms with van der Waals surface area (Å²) >= 11 is 0. The third kappa shape index (κ3) is 1.36. The first-order chi connectivity index (χ1) is 6.18. The number of hydrogen-bond donors (Lipinski definition) is 0. The summed E-state index contributed by atoms with van der Waals surface area (Å²) in [5.41, 5.74) is 0. The van der Waals surface area contributed by atoms with E-state index in [4.69, 9.17) is 0 Å². The zero-order valence-electron chi connectivity index (χ0n) is 7.95. The van der Waals surface area contributed by atoms with E-state index >= 15 is 0 Å². The number of carbonyl (C=O) groups excluding carboxylic acids is 1. The molecule has 70 valence electrons. The van der Waals surface area contributed by atoms with Crippen LogP contribution in [-0.4, -0.2) is 20.5 Å². The highest BCUT2D eigenvalue weighted by Gasteiger charge is 2.25. The number of aromatic nitrogens is 3. The summed E-state index contributed by atoms with van der Waals surface area (Å²) in [6, 6.07) is 0. The van der Waals surface area contributed by atoms with E-state index in [1.165, 1.54) is 26.2 Å². The van der Waals surface area contributed by atoms with E-state index in [-0.39, 0.29) is 5.78 Å². The molecule has 0 radical (unpaired) electrons. The molecule has 1 fully saturated rings. The quantitative estimate of drug-likeness (QED) is 0.642. The maximum Gasteiger partial charge on any atom is 0.196 e. The number of aryl methyl sites for hydroxylation is 1. The van der Waals surface area contributed by atoms with Crippen molar-refractivity contribution in [3.63, 3.8) is 0 Å². The highest BCUT2D eigenvalue weighted by molar-refractivity contribution is 5.90.